The Hall–Kier alpha value is -3.07. The molecule has 8 nitrogen and oxygen atoms in total. The van der Waals surface area contributed by atoms with Crippen LogP contribution in [0.15, 0.2) is 42.5 Å². The van der Waals surface area contributed by atoms with Crippen LogP contribution < -0.4 is 14.4 Å². The van der Waals surface area contributed by atoms with Crippen molar-refractivity contribution >= 4 is 33.2 Å². The van der Waals surface area contributed by atoms with Gasteiger partial charge in [0.2, 0.25) is 10.0 Å². The van der Waals surface area contributed by atoms with Crippen molar-refractivity contribution in [1.82, 2.24) is 4.90 Å². The Balaban J connectivity index is 1.57. The number of likely N-dealkylation sites (tertiary alicyclic amines) is 1. The number of rotatable bonds is 4. The molecule has 2 aliphatic heterocycles. The summed E-state index contributed by atoms with van der Waals surface area (Å²) < 4.78 is 31.9. The van der Waals surface area contributed by atoms with Crippen LogP contribution in [0.25, 0.3) is 0 Å². The number of hydrogen-bond acceptors (Lipinski definition) is 5. The van der Waals surface area contributed by atoms with Gasteiger partial charge in [0, 0.05) is 26.1 Å². The Morgan fingerprint density at radius 1 is 1.06 bits per heavy atom. The molecule has 1 saturated heterocycles. The van der Waals surface area contributed by atoms with Gasteiger partial charge in [0.15, 0.2) is 6.10 Å². The van der Waals surface area contributed by atoms with Gasteiger partial charge in [0.25, 0.3) is 11.8 Å². The number of carbonyl (C=O) groups excluding carboxylic acids is 2. The SMILES string of the molecule is Cc1ccc2c(c1)N(S(C)(=O)=O)CC[C@H](C(=O)Nc1ccccc1C(=O)N1CCCC1)O2. The van der Waals surface area contributed by atoms with E-state index in [1.54, 1.807) is 41.3 Å². The summed E-state index contributed by atoms with van der Waals surface area (Å²) in [6.45, 7) is 3.40. The second kappa shape index (κ2) is 8.82. The third-order valence-corrected chi connectivity index (χ3v) is 6.93. The molecule has 0 saturated carbocycles. The highest BCUT2D eigenvalue weighted by Crippen LogP contribution is 2.35. The minimum absolute atomic E-state index is 0.107. The van der Waals surface area contributed by atoms with Gasteiger partial charge >= 0.3 is 0 Å². The highest BCUT2D eigenvalue weighted by molar-refractivity contribution is 7.92. The van der Waals surface area contributed by atoms with Gasteiger partial charge < -0.3 is 15.0 Å². The molecule has 4 rings (SSSR count). The molecule has 0 bridgehead atoms. The summed E-state index contributed by atoms with van der Waals surface area (Å²) in [5.41, 5.74) is 2.17. The van der Waals surface area contributed by atoms with Crippen molar-refractivity contribution in [2.45, 2.75) is 32.3 Å². The number of aryl methyl sites for hydroxylation is 1. The van der Waals surface area contributed by atoms with E-state index in [0.29, 0.717) is 35.8 Å². The third-order valence-electron chi connectivity index (χ3n) is 5.75. The lowest BCUT2D eigenvalue weighted by Gasteiger charge is -2.21. The lowest BCUT2D eigenvalue weighted by molar-refractivity contribution is -0.122. The van der Waals surface area contributed by atoms with Crippen LogP contribution in [0.3, 0.4) is 0 Å². The minimum atomic E-state index is -3.54. The Labute approximate surface area is 188 Å². The van der Waals surface area contributed by atoms with E-state index in [1.807, 2.05) is 13.0 Å². The van der Waals surface area contributed by atoms with E-state index in [4.69, 9.17) is 4.74 Å². The van der Waals surface area contributed by atoms with Crippen LogP contribution in [-0.2, 0) is 14.8 Å². The zero-order valence-electron chi connectivity index (χ0n) is 18.2. The van der Waals surface area contributed by atoms with E-state index in [-0.39, 0.29) is 18.9 Å². The maximum absolute atomic E-state index is 13.1. The molecular weight excluding hydrogens is 430 g/mol. The Morgan fingerprint density at radius 3 is 2.50 bits per heavy atom. The van der Waals surface area contributed by atoms with E-state index in [2.05, 4.69) is 5.32 Å². The van der Waals surface area contributed by atoms with Crippen molar-refractivity contribution in [3.8, 4) is 5.75 Å². The molecular formula is C23H27N3O5S. The molecule has 0 spiro atoms. The lowest BCUT2D eigenvalue weighted by atomic mass is 10.1. The maximum atomic E-state index is 13.1. The summed E-state index contributed by atoms with van der Waals surface area (Å²) in [5, 5.41) is 2.83. The molecule has 170 valence electrons. The molecule has 2 heterocycles. The van der Waals surface area contributed by atoms with Crippen molar-refractivity contribution < 1.29 is 22.7 Å². The predicted octanol–water partition coefficient (Wildman–Crippen LogP) is 2.79. The van der Waals surface area contributed by atoms with Gasteiger partial charge in [-0.3, -0.25) is 13.9 Å². The average Bonchev–Trinajstić information content (AvgIpc) is 3.21. The van der Waals surface area contributed by atoms with Crippen molar-refractivity contribution in [1.29, 1.82) is 0 Å². The van der Waals surface area contributed by atoms with Crippen LogP contribution in [0.4, 0.5) is 11.4 Å². The number of sulfonamides is 1. The summed E-state index contributed by atoms with van der Waals surface area (Å²) >= 11 is 0. The van der Waals surface area contributed by atoms with Crippen LogP contribution in [0, 0.1) is 6.92 Å². The molecule has 0 aromatic heterocycles. The second-order valence-electron chi connectivity index (χ2n) is 8.24. The second-order valence-corrected chi connectivity index (χ2v) is 10.1. The number of ether oxygens (including phenoxy) is 1. The standard InChI is InChI=1S/C23H27N3O5S/c1-16-9-10-20-19(15-16)26(32(2,29)30)14-11-21(31-20)22(27)24-18-8-4-3-7-17(18)23(28)25-12-5-6-13-25/h3-4,7-10,15,21H,5-6,11-14H2,1-2H3,(H,24,27)/t21-/m1/s1. The minimum Gasteiger partial charge on any atom is -0.478 e. The van der Waals surface area contributed by atoms with Gasteiger partial charge in [-0.25, -0.2) is 8.42 Å². The Kier molecular flexibility index (Phi) is 6.10. The molecule has 2 amide bonds. The molecule has 0 aliphatic carbocycles. The van der Waals surface area contributed by atoms with E-state index in [9.17, 15) is 18.0 Å². The van der Waals surface area contributed by atoms with Crippen molar-refractivity contribution in [2.24, 2.45) is 0 Å². The van der Waals surface area contributed by atoms with Crippen molar-refractivity contribution in [2.75, 3.05) is 35.5 Å². The summed E-state index contributed by atoms with van der Waals surface area (Å²) in [6.07, 6.45) is 2.37. The smallest absolute Gasteiger partial charge is 0.265 e. The number of nitrogens with one attached hydrogen (secondary N) is 1. The number of anilines is 2. The van der Waals surface area contributed by atoms with Gasteiger partial charge in [-0.05, 0) is 49.6 Å². The first-order valence-corrected chi connectivity index (χ1v) is 12.5. The molecule has 2 aromatic carbocycles. The molecule has 9 heteroatoms. The fourth-order valence-corrected chi connectivity index (χ4v) is 5.04. The quantitative estimate of drug-likeness (QED) is 0.762. The van der Waals surface area contributed by atoms with Crippen LogP contribution in [0.5, 0.6) is 5.75 Å². The summed E-state index contributed by atoms with van der Waals surface area (Å²) in [5.74, 6) is -0.196. The molecule has 1 N–H and O–H groups in total. The van der Waals surface area contributed by atoms with Gasteiger partial charge in [-0.2, -0.15) is 0 Å². The first kappa shape index (κ1) is 22.1. The number of nitrogens with zero attached hydrogens (tertiary/aromatic N) is 2. The zero-order valence-corrected chi connectivity index (χ0v) is 19.0. The topological polar surface area (TPSA) is 96.0 Å². The largest absolute Gasteiger partial charge is 0.478 e. The third kappa shape index (κ3) is 4.57. The maximum Gasteiger partial charge on any atom is 0.265 e. The highest BCUT2D eigenvalue weighted by atomic mass is 32.2. The fourth-order valence-electron chi connectivity index (χ4n) is 4.10. The monoisotopic (exact) mass is 457 g/mol. The molecule has 32 heavy (non-hydrogen) atoms. The summed E-state index contributed by atoms with van der Waals surface area (Å²) in [4.78, 5) is 27.8. The number of fused-ring (bicyclic) bond motifs is 1. The molecule has 2 aliphatic rings. The van der Waals surface area contributed by atoms with Crippen LogP contribution in [0.1, 0.15) is 35.2 Å². The number of benzene rings is 2. The number of para-hydroxylation sites is 1. The Morgan fingerprint density at radius 2 is 1.78 bits per heavy atom. The zero-order chi connectivity index (χ0) is 22.9. The van der Waals surface area contributed by atoms with Gasteiger partial charge in [0.05, 0.1) is 23.2 Å². The normalized spacial score (nSPS) is 18.5. The van der Waals surface area contributed by atoms with E-state index in [1.165, 1.54) is 4.31 Å². The average molecular weight is 458 g/mol. The summed E-state index contributed by atoms with van der Waals surface area (Å²) in [7, 11) is -3.54. The van der Waals surface area contributed by atoms with Gasteiger partial charge in [0.1, 0.15) is 5.75 Å². The first-order valence-electron chi connectivity index (χ1n) is 10.7. The van der Waals surface area contributed by atoms with E-state index < -0.39 is 22.0 Å². The van der Waals surface area contributed by atoms with E-state index >= 15 is 0 Å². The van der Waals surface area contributed by atoms with Crippen LogP contribution in [0.2, 0.25) is 0 Å². The predicted molar refractivity (Wildman–Crippen MR) is 123 cm³/mol. The highest BCUT2D eigenvalue weighted by Gasteiger charge is 2.32. The molecule has 1 atom stereocenters. The van der Waals surface area contributed by atoms with Crippen molar-refractivity contribution in [3.05, 3.63) is 53.6 Å². The summed E-state index contributed by atoms with van der Waals surface area (Å²) in [6, 6.07) is 12.1. The van der Waals surface area contributed by atoms with Crippen LogP contribution in [-0.4, -0.2) is 57.1 Å². The number of amides is 2. The molecule has 0 radical (unpaired) electrons. The number of carbonyl (C=O) groups is 2. The van der Waals surface area contributed by atoms with Gasteiger partial charge in [-0.15, -0.1) is 0 Å². The molecule has 2 aromatic rings. The fraction of sp³-hybridized carbons (Fsp3) is 0.391. The molecule has 0 unspecified atom stereocenters. The van der Waals surface area contributed by atoms with E-state index in [0.717, 1.165) is 24.7 Å². The lowest BCUT2D eigenvalue weighted by Crippen LogP contribution is -2.36. The molecule has 1 fully saturated rings. The number of hydrogen-bond donors (Lipinski definition) is 1. The Bertz CT molecular complexity index is 1140. The van der Waals surface area contributed by atoms with Crippen LogP contribution >= 0.6 is 0 Å². The van der Waals surface area contributed by atoms with Gasteiger partial charge in [-0.1, -0.05) is 18.2 Å². The van der Waals surface area contributed by atoms with Crippen molar-refractivity contribution in [3.63, 3.8) is 0 Å². The first-order chi connectivity index (χ1) is 15.2.